The Balaban J connectivity index is 0.000000661. The van der Waals surface area contributed by atoms with E-state index in [4.69, 9.17) is 22.8 Å². The smallest absolute Gasteiger partial charge is 0.290 e. The second-order valence-electron chi connectivity index (χ2n) is 10.9. The van der Waals surface area contributed by atoms with Gasteiger partial charge in [-0.2, -0.15) is 0 Å². The molecule has 1 saturated heterocycles. The van der Waals surface area contributed by atoms with Crippen LogP contribution in [-0.4, -0.2) is 50.3 Å². The number of halogens is 1. The number of aliphatic imine (C=N–C) groups is 1. The van der Waals surface area contributed by atoms with Gasteiger partial charge in [0.1, 0.15) is 5.82 Å². The molecule has 2 aromatic carbocycles. The molecule has 0 saturated carbocycles. The maximum absolute atomic E-state index is 6.06. The van der Waals surface area contributed by atoms with Crippen molar-refractivity contribution in [2.45, 2.75) is 120 Å². The maximum atomic E-state index is 6.06. The summed E-state index contributed by atoms with van der Waals surface area (Å²) >= 11 is 6.06. The lowest BCUT2D eigenvalue weighted by atomic mass is 9.98. The van der Waals surface area contributed by atoms with Crippen molar-refractivity contribution in [3.63, 3.8) is 0 Å². The Morgan fingerprint density at radius 1 is 1.04 bits per heavy atom. The Morgan fingerprint density at radius 2 is 1.69 bits per heavy atom. The summed E-state index contributed by atoms with van der Waals surface area (Å²) in [7, 11) is 1.65. The van der Waals surface area contributed by atoms with E-state index in [1.54, 1.807) is 7.11 Å². The highest BCUT2D eigenvalue weighted by Crippen LogP contribution is 2.26. The van der Waals surface area contributed by atoms with Crippen LogP contribution in [0.15, 0.2) is 52.8 Å². The number of rotatable bonds is 9. The first-order valence-corrected chi connectivity index (χ1v) is 17.9. The third-order valence-electron chi connectivity index (χ3n) is 7.82. The zero-order valence-electron chi connectivity index (χ0n) is 30.4. The molecule has 6 heteroatoms. The lowest BCUT2D eigenvalue weighted by Crippen LogP contribution is -2.49. The molecule has 0 amide bonds. The molecule has 0 spiro atoms. The average Bonchev–Trinajstić information content (AvgIpc) is 3.10. The molecule has 0 aliphatic carbocycles. The Bertz CT molecular complexity index is 1110. The van der Waals surface area contributed by atoms with E-state index in [1.807, 2.05) is 45.9 Å². The van der Waals surface area contributed by atoms with Gasteiger partial charge in [-0.15, -0.1) is 12.3 Å². The molecule has 45 heavy (non-hydrogen) atoms. The lowest BCUT2D eigenvalue weighted by molar-refractivity contribution is 0.270. The normalized spacial score (nSPS) is 16.0. The van der Waals surface area contributed by atoms with E-state index in [1.165, 1.54) is 54.0 Å². The number of hydrogen-bond acceptors (Lipinski definition) is 5. The minimum Gasteiger partial charge on any atom is -0.468 e. The van der Waals surface area contributed by atoms with Crippen molar-refractivity contribution >= 4 is 28.4 Å². The Kier molecular flexibility index (Phi) is 24.9. The summed E-state index contributed by atoms with van der Waals surface area (Å²) in [6, 6.07) is 13.0. The van der Waals surface area contributed by atoms with Crippen molar-refractivity contribution in [3.8, 4) is 12.3 Å². The molecule has 2 aromatic rings. The molecule has 2 heterocycles. The summed E-state index contributed by atoms with van der Waals surface area (Å²) in [5, 5.41) is 9.93. The molecule has 2 N–H and O–H groups in total. The van der Waals surface area contributed by atoms with Crippen LogP contribution in [-0.2, 0) is 4.74 Å². The van der Waals surface area contributed by atoms with Gasteiger partial charge in [0.2, 0.25) is 0 Å². The van der Waals surface area contributed by atoms with Gasteiger partial charge < -0.3 is 15.0 Å². The van der Waals surface area contributed by atoms with E-state index in [2.05, 4.69) is 79.3 Å². The molecule has 254 valence electrons. The van der Waals surface area contributed by atoms with E-state index in [-0.39, 0.29) is 6.04 Å². The van der Waals surface area contributed by atoms with Gasteiger partial charge >= 0.3 is 0 Å². The van der Waals surface area contributed by atoms with Crippen LogP contribution in [0.5, 0.6) is 0 Å². The number of terminal acetylenes is 1. The Labute approximate surface area is 282 Å². The predicted octanol–water partition coefficient (Wildman–Crippen LogP) is 10.4. The van der Waals surface area contributed by atoms with E-state index in [9.17, 15) is 0 Å². The van der Waals surface area contributed by atoms with Crippen LogP contribution in [0.2, 0.25) is 5.02 Å². The number of hydrogen-bond donors (Lipinski definition) is 2. The topological polar surface area (TPSA) is 48.9 Å². The zero-order valence-corrected chi connectivity index (χ0v) is 31.1. The predicted molar refractivity (Wildman–Crippen MR) is 201 cm³/mol. The van der Waals surface area contributed by atoms with Crippen molar-refractivity contribution in [2.75, 3.05) is 33.3 Å². The summed E-state index contributed by atoms with van der Waals surface area (Å²) < 4.78 is 5.32. The fourth-order valence-electron chi connectivity index (χ4n) is 5.12. The molecule has 2 aliphatic rings. The van der Waals surface area contributed by atoms with Crippen molar-refractivity contribution < 1.29 is 4.74 Å². The van der Waals surface area contributed by atoms with Crippen molar-refractivity contribution in [1.82, 2.24) is 15.5 Å². The van der Waals surface area contributed by atoms with Crippen LogP contribution in [0.25, 0.3) is 10.8 Å². The van der Waals surface area contributed by atoms with Gasteiger partial charge in [0.15, 0.2) is 0 Å². The van der Waals surface area contributed by atoms with E-state index in [0.29, 0.717) is 6.02 Å². The van der Waals surface area contributed by atoms with Crippen LogP contribution >= 0.6 is 11.6 Å². The molecular formula is C39H65ClN4O. The SMILES string of the molecule is C#CCCC1=C(N2CCNCC2)NC(OC)=NC1CC.CC.CC.CCCCCC(C)CC.Cc1cccc2cccc(Cl)c12. The minimum absolute atomic E-state index is 0.171. The highest BCUT2D eigenvalue weighted by Gasteiger charge is 2.27. The number of benzene rings is 2. The number of methoxy groups -OCH3 is 1. The average molecular weight is 641 g/mol. The highest BCUT2D eigenvalue weighted by molar-refractivity contribution is 6.35. The largest absolute Gasteiger partial charge is 0.468 e. The third-order valence-corrected chi connectivity index (χ3v) is 8.13. The molecule has 4 rings (SSSR count). The van der Waals surface area contributed by atoms with Crippen molar-refractivity contribution in [2.24, 2.45) is 10.9 Å². The van der Waals surface area contributed by atoms with Crippen molar-refractivity contribution in [1.29, 1.82) is 0 Å². The first kappa shape index (κ1) is 42.3. The van der Waals surface area contributed by atoms with Crippen LogP contribution in [0.4, 0.5) is 0 Å². The molecule has 5 nitrogen and oxygen atoms in total. The molecule has 0 bridgehead atoms. The molecule has 0 aromatic heterocycles. The van der Waals surface area contributed by atoms with Crippen LogP contribution in [0, 0.1) is 25.2 Å². The zero-order chi connectivity index (χ0) is 34.0. The highest BCUT2D eigenvalue weighted by atomic mass is 35.5. The summed E-state index contributed by atoms with van der Waals surface area (Å²) in [4.78, 5) is 6.99. The van der Waals surface area contributed by atoms with Gasteiger partial charge in [0, 0.05) is 43.0 Å². The van der Waals surface area contributed by atoms with E-state index in [0.717, 1.165) is 62.2 Å². The number of ether oxygens (including phenoxy) is 1. The second-order valence-corrected chi connectivity index (χ2v) is 11.3. The van der Waals surface area contributed by atoms with Gasteiger partial charge in [0.05, 0.1) is 13.2 Å². The first-order valence-electron chi connectivity index (χ1n) is 17.5. The van der Waals surface area contributed by atoms with Gasteiger partial charge in [-0.1, -0.05) is 129 Å². The molecule has 2 aliphatic heterocycles. The Morgan fingerprint density at radius 3 is 2.22 bits per heavy atom. The second kappa shape index (κ2) is 26.5. The van der Waals surface area contributed by atoms with Crippen molar-refractivity contribution in [3.05, 3.63) is 58.4 Å². The van der Waals surface area contributed by atoms with Crippen LogP contribution in [0.3, 0.4) is 0 Å². The summed E-state index contributed by atoms with van der Waals surface area (Å²) in [6.45, 7) is 23.1. The van der Waals surface area contributed by atoms with Crippen LogP contribution in [0.1, 0.15) is 112 Å². The quantitative estimate of drug-likeness (QED) is 0.211. The maximum Gasteiger partial charge on any atom is 0.290 e. The number of amidine groups is 1. The lowest BCUT2D eigenvalue weighted by Gasteiger charge is -2.37. The standard InChI is InChI=1S/C15H24N4O.C11H9Cl.C9H20.2C2H6/c1-4-6-7-12-13(5-2)17-15(20-3)18-14(12)19-10-8-16-9-11-19;1-8-4-2-5-9-6-3-7-10(12)11(8)9;1-4-6-7-8-9(3)5-2;2*1-2/h1,13,16H,5-11H2,2-3H3,(H,17,18);2-7H,1H3;9H,4-8H2,1-3H3;2*1-2H3. The van der Waals surface area contributed by atoms with E-state index >= 15 is 0 Å². The van der Waals surface area contributed by atoms with E-state index < -0.39 is 0 Å². The van der Waals surface area contributed by atoms with Gasteiger partial charge in [0.25, 0.3) is 6.02 Å². The molecule has 2 unspecified atom stereocenters. The molecule has 2 atom stereocenters. The number of piperazine rings is 1. The minimum atomic E-state index is 0.171. The van der Waals surface area contributed by atoms with Crippen LogP contribution < -0.4 is 10.6 Å². The number of nitrogens with one attached hydrogen (secondary N) is 2. The molecule has 1 fully saturated rings. The molecule has 0 radical (unpaired) electrons. The number of aryl methyl sites for hydroxylation is 1. The Hall–Kier alpha value is -2.68. The number of fused-ring (bicyclic) bond motifs is 1. The monoisotopic (exact) mass is 640 g/mol. The fourth-order valence-corrected chi connectivity index (χ4v) is 5.45. The van der Waals surface area contributed by atoms with Gasteiger partial charge in [-0.3, -0.25) is 5.32 Å². The molecular weight excluding hydrogens is 576 g/mol. The third kappa shape index (κ3) is 15.4. The fraction of sp³-hybridized carbons (Fsp3) is 0.615. The first-order chi connectivity index (χ1) is 21.9. The number of nitrogens with zero attached hydrogens (tertiary/aromatic N) is 2. The summed E-state index contributed by atoms with van der Waals surface area (Å²) in [6.07, 6.45) is 15.0. The number of unbranched alkanes of at least 4 members (excludes halogenated alkanes) is 2. The van der Waals surface area contributed by atoms with Gasteiger partial charge in [-0.05, 0) is 48.3 Å². The summed E-state index contributed by atoms with van der Waals surface area (Å²) in [5.74, 6) is 4.84. The van der Waals surface area contributed by atoms with Gasteiger partial charge in [-0.25, -0.2) is 4.99 Å². The summed E-state index contributed by atoms with van der Waals surface area (Å²) in [5.41, 5.74) is 2.55.